The van der Waals surface area contributed by atoms with Crippen LogP contribution >= 0.6 is 77.2 Å². The number of thiazole rings is 2. The first kappa shape index (κ1) is 52.5. The third-order valence-corrected chi connectivity index (χ3v) is 18.5. The molecule has 60 heavy (non-hydrogen) atoms. The zero-order chi connectivity index (χ0) is 42.6. The molecular formula is C52H84Br2N2S4. The van der Waals surface area contributed by atoms with E-state index >= 15 is 0 Å². The van der Waals surface area contributed by atoms with Crippen LogP contribution in [-0.2, 0) is 12.8 Å². The van der Waals surface area contributed by atoms with Crippen LogP contribution in [0.1, 0.15) is 244 Å². The quantitative estimate of drug-likeness (QED) is 0.0418. The molecule has 4 rings (SSSR count). The fraction of sp³-hybridized carbons (Fsp3) is 0.769. The minimum absolute atomic E-state index is 0.762. The Hall–Kier alpha value is -0.120. The van der Waals surface area contributed by atoms with Gasteiger partial charge < -0.3 is 0 Å². The van der Waals surface area contributed by atoms with E-state index in [9.17, 15) is 0 Å². The standard InChI is InChI=1S/C52H84Br2N2S4/c1-5-9-13-17-21-23-27-31-35-41(33-29-25-19-15-11-7-3)37-43-39-45(53)57-47(43)49-55-51-52(59-49)56-50(60-51)48-44(40-46(54)58-48)38-42(34-30-26-20-16-12-8-4)36-32-28-24-22-18-14-10-6-2/h39-42H,5-38H2,1-4H3. The van der Waals surface area contributed by atoms with Gasteiger partial charge in [0.05, 0.1) is 17.3 Å². The van der Waals surface area contributed by atoms with Gasteiger partial charge in [0.15, 0.2) is 9.66 Å². The van der Waals surface area contributed by atoms with E-state index in [4.69, 9.17) is 9.97 Å². The second-order valence-electron chi connectivity index (χ2n) is 18.2. The molecule has 0 fully saturated rings. The number of hydrogen-bond donors (Lipinski definition) is 0. The summed E-state index contributed by atoms with van der Waals surface area (Å²) in [4.78, 5) is 15.7. The van der Waals surface area contributed by atoms with E-state index in [1.165, 1.54) is 257 Å². The van der Waals surface area contributed by atoms with Crippen molar-refractivity contribution in [3.63, 3.8) is 0 Å². The Bertz CT molecular complexity index is 1500. The highest BCUT2D eigenvalue weighted by atomic mass is 79.9. The zero-order valence-electron chi connectivity index (χ0n) is 38.6. The van der Waals surface area contributed by atoms with Gasteiger partial charge in [0, 0.05) is 0 Å². The molecule has 4 aromatic rings. The minimum atomic E-state index is 0.762. The van der Waals surface area contributed by atoms with E-state index < -0.39 is 0 Å². The van der Waals surface area contributed by atoms with Crippen LogP contribution in [0.15, 0.2) is 19.7 Å². The summed E-state index contributed by atoms with van der Waals surface area (Å²) in [6.45, 7) is 9.28. The van der Waals surface area contributed by atoms with E-state index in [-0.39, 0.29) is 0 Å². The first-order valence-corrected chi connectivity index (χ1v) is 30.1. The predicted octanol–water partition coefficient (Wildman–Crippen LogP) is 21.6. The minimum Gasteiger partial charge on any atom is -0.222 e. The van der Waals surface area contributed by atoms with Crippen molar-refractivity contribution in [3.8, 4) is 19.8 Å². The Balaban J connectivity index is 1.42. The average Bonchev–Trinajstić information content (AvgIpc) is 4.01. The molecule has 0 saturated heterocycles. The molecule has 0 spiro atoms. The van der Waals surface area contributed by atoms with Gasteiger partial charge in [-0.25, -0.2) is 9.97 Å². The summed E-state index contributed by atoms with van der Waals surface area (Å²) in [6.07, 6.45) is 46.8. The summed E-state index contributed by atoms with van der Waals surface area (Å²) >= 11 is 15.2. The predicted molar refractivity (Wildman–Crippen MR) is 282 cm³/mol. The lowest BCUT2D eigenvalue weighted by atomic mass is 9.89. The molecule has 0 aliphatic rings. The highest BCUT2D eigenvalue weighted by Crippen LogP contribution is 2.46. The highest BCUT2D eigenvalue weighted by molar-refractivity contribution is 9.11. The molecule has 2 nitrogen and oxygen atoms in total. The van der Waals surface area contributed by atoms with Crippen LogP contribution in [0.5, 0.6) is 0 Å². The second-order valence-corrected chi connectivity index (χ2v) is 25.1. The molecule has 4 aromatic heterocycles. The smallest absolute Gasteiger partial charge is 0.155 e. The van der Waals surface area contributed by atoms with Crippen molar-refractivity contribution in [2.45, 2.75) is 246 Å². The highest BCUT2D eigenvalue weighted by Gasteiger charge is 2.23. The first-order chi connectivity index (χ1) is 29.4. The maximum absolute atomic E-state index is 5.34. The van der Waals surface area contributed by atoms with Gasteiger partial charge >= 0.3 is 0 Å². The third kappa shape index (κ3) is 20.4. The number of rotatable bonds is 38. The molecule has 0 aromatic carbocycles. The van der Waals surface area contributed by atoms with Crippen molar-refractivity contribution in [1.82, 2.24) is 9.97 Å². The Kier molecular flexibility index (Phi) is 28.5. The molecule has 0 radical (unpaired) electrons. The molecular weight excluding hydrogens is 941 g/mol. The van der Waals surface area contributed by atoms with Crippen LogP contribution in [0.4, 0.5) is 0 Å². The Labute approximate surface area is 402 Å². The molecule has 2 unspecified atom stereocenters. The van der Waals surface area contributed by atoms with Crippen molar-refractivity contribution in [3.05, 3.63) is 30.8 Å². The molecule has 4 heterocycles. The monoisotopic (exact) mass is 1020 g/mol. The number of thiophene rings is 2. The van der Waals surface area contributed by atoms with Crippen LogP contribution in [0.25, 0.3) is 29.4 Å². The lowest BCUT2D eigenvalue weighted by Crippen LogP contribution is -2.05. The van der Waals surface area contributed by atoms with Crippen molar-refractivity contribution in [2.24, 2.45) is 11.8 Å². The van der Waals surface area contributed by atoms with Gasteiger partial charge in [-0.2, -0.15) is 0 Å². The first-order valence-electron chi connectivity index (χ1n) is 25.3. The van der Waals surface area contributed by atoms with Gasteiger partial charge in [-0.3, -0.25) is 0 Å². The summed E-state index contributed by atoms with van der Waals surface area (Å²) in [7, 11) is 0. The molecule has 0 aliphatic heterocycles. The summed E-state index contributed by atoms with van der Waals surface area (Å²) in [5.74, 6) is 1.52. The summed E-state index contributed by atoms with van der Waals surface area (Å²) < 4.78 is 2.47. The molecule has 0 amide bonds. The van der Waals surface area contributed by atoms with Gasteiger partial charge in [-0.15, -0.1) is 22.7 Å². The Morgan fingerprint density at radius 1 is 0.383 bits per heavy atom. The average molecular weight is 1030 g/mol. The number of aromatic nitrogens is 2. The topological polar surface area (TPSA) is 25.8 Å². The number of hydrogen-bond acceptors (Lipinski definition) is 6. The van der Waals surface area contributed by atoms with Gasteiger partial charge in [-0.1, -0.05) is 256 Å². The maximum Gasteiger partial charge on any atom is 0.155 e. The number of halogens is 2. The maximum atomic E-state index is 5.34. The summed E-state index contributed by atoms with van der Waals surface area (Å²) in [5.41, 5.74) is 3.00. The van der Waals surface area contributed by atoms with Crippen molar-refractivity contribution >= 4 is 86.9 Å². The van der Waals surface area contributed by atoms with Crippen molar-refractivity contribution in [1.29, 1.82) is 0 Å². The zero-order valence-corrected chi connectivity index (χ0v) is 45.1. The number of fused-ring (bicyclic) bond motifs is 1. The van der Waals surface area contributed by atoms with Crippen LogP contribution < -0.4 is 0 Å². The molecule has 0 bridgehead atoms. The molecule has 0 N–H and O–H groups in total. The van der Waals surface area contributed by atoms with Crippen molar-refractivity contribution < 1.29 is 0 Å². The lowest BCUT2D eigenvalue weighted by Gasteiger charge is -2.17. The van der Waals surface area contributed by atoms with Crippen LogP contribution in [-0.4, -0.2) is 9.97 Å². The fourth-order valence-electron chi connectivity index (χ4n) is 9.17. The van der Waals surface area contributed by atoms with E-state index in [0.717, 1.165) is 21.5 Å². The van der Waals surface area contributed by atoms with Gasteiger partial charge in [-0.05, 0) is 79.8 Å². The fourth-order valence-corrected chi connectivity index (χ4v) is 14.8. The molecule has 2 atom stereocenters. The summed E-state index contributed by atoms with van der Waals surface area (Å²) in [6, 6.07) is 4.84. The SMILES string of the molecule is CCCCCCCCCCC(CCCCCCCC)Cc1cc(Br)sc1-c1nc2sc(-c3sc(Br)cc3CC(CCCCCCCC)CCCCCCCCCC)nc2s1. The van der Waals surface area contributed by atoms with E-state index in [0.29, 0.717) is 0 Å². The normalized spacial score (nSPS) is 13.0. The molecule has 340 valence electrons. The van der Waals surface area contributed by atoms with E-state index in [2.05, 4.69) is 71.7 Å². The van der Waals surface area contributed by atoms with Crippen LogP contribution in [0, 0.1) is 11.8 Å². The number of nitrogens with zero attached hydrogens (tertiary/aromatic N) is 2. The van der Waals surface area contributed by atoms with E-state index in [1.54, 1.807) is 0 Å². The van der Waals surface area contributed by atoms with Gasteiger partial charge in [0.1, 0.15) is 10.0 Å². The number of unbranched alkanes of at least 4 members (excludes halogenated alkanes) is 24. The molecule has 0 aliphatic carbocycles. The third-order valence-electron chi connectivity index (χ3n) is 12.8. The second kappa shape index (κ2) is 32.5. The Morgan fingerprint density at radius 3 is 0.933 bits per heavy atom. The lowest BCUT2D eigenvalue weighted by molar-refractivity contribution is 0.401. The molecule has 0 saturated carbocycles. The van der Waals surface area contributed by atoms with Crippen molar-refractivity contribution in [2.75, 3.05) is 0 Å². The summed E-state index contributed by atoms with van der Waals surface area (Å²) in [5, 5.41) is 2.34. The Morgan fingerprint density at radius 2 is 0.650 bits per heavy atom. The van der Waals surface area contributed by atoms with Crippen LogP contribution in [0.3, 0.4) is 0 Å². The van der Waals surface area contributed by atoms with Crippen LogP contribution in [0.2, 0.25) is 0 Å². The molecule has 8 heteroatoms. The van der Waals surface area contributed by atoms with E-state index in [1.807, 2.05) is 45.3 Å². The van der Waals surface area contributed by atoms with Gasteiger partial charge in [0.25, 0.3) is 0 Å². The van der Waals surface area contributed by atoms with Gasteiger partial charge in [0.2, 0.25) is 0 Å². The largest absolute Gasteiger partial charge is 0.222 e.